The minimum atomic E-state index is -4.42. The van der Waals surface area contributed by atoms with Crippen molar-refractivity contribution in [1.29, 1.82) is 0 Å². The average molecular weight is 462 g/mol. The lowest BCUT2D eigenvalue weighted by Crippen LogP contribution is -2.19. The number of hydrogen-bond acceptors (Lipinski definition) is 3. The van der Waals surface area contributed by atoms with Crippen LogP contribution >= 0.6 is 0 Å². The lowest BCUT2D eigenvalue weighted by atomic mass is 10.1. The monoisotopic (exact) mass is 462 g/mol. The number of amides is 2. The second-order valence-corrected chi connectivity index (χ2v) is 8.19. The Balaban J connectivity index is 1.24. The van der Waals surface area contributed by atoms with Crippen LogP contribution in [0, 0.1) is 0 Å². The molecule has 1 heterocycles. The summed E-state index contributed by atoms with van der Waals surface area (Å²) in [7, 11) is 0. The van der Waals surface area contributed by atoms with E-state index in [4.69, 9.17) is 4.98 Å². The van der Waals surface area contributed by atoms with E-state index in [0.29, 0.717) is 5.69 Å². The summed E-state index contributed by atoms with van der Waals surface area (Å²) < 4.78 is 38.0. The first-order valence-corrected chi connectivity index (χ1v) is 10.9. The van der Waals surface area contributed by atoms with Crippen LogP contribution in [0.2, 0.25) is 0 Å². The molecule has 1 aromatic heterocycles. The van der Waals surface area contributed by atoms with Gasteiger partial charge < -0.3 is 16.0 Å². The molecule has 8 heteroatoms. The van der Waals surface area contributed by atoms with E-state index in [1.807, 2.05) is 18.2 Å². The summed E-state index contributed by atoms with van der Waals surface area (Å²) in [6.45, 7) is 0. The van der Waals surface area contributed by atoms with Crippen LogP contribution in [0.15, 0.2) is 78.9 Å². The maximum Gasteiger partial charge on any atom is 0.416 e. The van der Waals surface area contributed by atoms with Crippen LogP contribution in [0.3, 0.4) is 0 Å². The Hall–Kier alpha value is -4.07. The van der Waals surface area contributed by atoms with Crippen molar-refractivity contribution in [3.63, 3.8) is 0 Å². The third kappa shape index (κ3) is 4.66. The van der Waals surface area contributed by atoms with Crippen molar-refractivity contribution in [1.82, 2.24) is 4.98 Å². The number of alkyl halides is 3. The van der Waals surface area contributed by atoms with E-state index in [1.165, 1.54) is 23.3 Å². The summed E-state index contributed by atoms with van der Waals surface area (Å²) in [4.78, 5) is 17.0. The summed E-state index contributed by atoms with van der Waals surface area (Å²) in [5.41, 5.74) is 3.49. The highest BCUT2D eigenvalue weighted by Crippen LogP contribution is 2.34. The van der Waals surface area contributed by atoms with Crippen molar-refractivity contribution in [2.75, 3.05) is 16.0 Å². The zero-order chi connectivity index (χ0) is 23.7. The van der Waals surface area contributed by atoms with Crippen LogP contribution in [-0.4, -0.2) is 11.0 Å². The van der Waals surface area contributed by atoms with Gasteiger partial charge in [-0.05, 0) is 78.6 Å². The molecule has 3 N–H and O–H groups in total. The molecule has 1 aliphatic rings. The summed E-state index contributed by atoms with van der Waals surface area (Å²) in [6, 6.07) is 21.6. The number of fused-ring (bicyclic) bond motifs is 2. The van der Waals surface area contributed by atoms with Gasteiger partial charge in [-0.15, -0.1) is 0 Å². The molecule has 0 bridgehead atoms. The van der Waals surface area contributed by atoms with Gasteiger partial charge in [0.05, 0.1) is 17.1 Å². The van der Waals surface area contributed by atoms with Gasteiger partial charge in [0.25, 0.3) is 0 Å². The predicted octanol–water partition coefficient (Wildman–Crippen LogP) is 7.00. The lowest BCUT2D eigenvalue weighted by molar-refractivity contribution is -0.137. The second-order valence-electron chi connectivity index (χ2n) is 8.19. The van der Waals surface area contributed by atoms with Gasteiger partial charge in [-0.2, -0.15) is 13.2 Å². The lowest BCUT2D eigenvalue weighted by Gasteiger charge is -2.15. The normalized spacial score (nSPS) is 15.1. The van der Waals surface area contributed by atoms with Crippen molar-refractivity contribution < 1.29 is 18.0 Å². The molecule has 1 atom stereocenters. The minimum absolute atomic E-state index is 0.232. The van der Waals surface area contributed by atoms with E-state index in [0.717, 1.165) is 41.7 Å². The Morgan fingerprint density at radius 3 is 2.41 bits per heavy atom. The molecule has 5 rings (SSSR count). The molecular weight excluding hydrogens is 441 g/mol. The third-order valence-electron chi connectivity index (χ3n) is 5.87. The van der Waals surface area contributed by atoms with Crippen molar-refractivity contribution >= 4 is 34.1 Å². The van der Waals surface area contributed by atoms with E-state index in [1.54, 1.807) is 12.1 Å². The van der Waals surface area contributed by atoms with E-state index in [9.17, 15) is 18.0 Å². The van der Waals surface area contributed by atoms with Crippen LogP contribution in [0.1, 0.15) is 29.2 Å². The average Bonchev–Trinajstić information content (AvgIpc) is 3.22. The number of pyridine rings is 1. The number of urea groups is 1. The molecule has 1 aliphatic carbocycles. The maximum atomic E-state index is 12.7. The Morgan fingerprint density at radius 2 is 1.62 bits per heavy atom. The number of hydrogen-bond donors (Lipinski definition) is 3. The van der Waals surface area contributed by atoms with E-state index in [2.05, 4.69) is 40.2 Å². The number of aryl methyl sites for hydroxylation is 1. The highest BCUT2D eigenvalue weighted by atomic mass is 19.4. The summed E-state index contributed by atoms with van der Waals surface area (Å²) in [5, 5.41) is 9.59. The fourth-order valence-corrected chi connectivity index (χ4v) is 4.21. The van der Waals surface area contributed by atoms with E-state index in [-0.39, 0.29) is 11.7 Å². The number of carbonyl (C=O) groups is 1. The Morgan fingerprint density at radius 1 is 0.882 bits per heavy atom. The van der Waals surface area contributed by atoms with E-state index >= 15 is 0 Å². The van der Waals surface area contributed by atoms with Crippen molar-refractivity contribution in [3.05, 3.63) is 95.6 Å². The predicted molar refractivity (Wildman–Crippen MR) is 127 cm³/mol. The van der Waals surface area contributed by atoms with Crippen LogP contribution in [0.4, 0.5) is 35.2 Å². The van der Waals surface area contributed by atoms with Crippen LogP contribution in [0.5, 0.6) is 0 Å². The molecule has 0 fully saturated rings. The molecule has 0 unspecified atom stereocenters. The largest absolute Gasteiger partial charge is 0.416 e. The summed E-state index contributed by atoms with van der Waals surface area (Å²) in [6.07, 6.45) is -2.35. The number of halogens is 3. The number of carbonyl (C=O) groups excluding carboxylic acids is 1. The molecule has 3 aromatic carbocycles. The van der Waals surface area contributed by atoms with Gasteiger partial charge >= 0.3 is 12.2 Å². The zero-order valence-corrected chi connectivity index (χ0v) is 18.0. The van der Waals surface area contributed by atoms with Gasteiger partial charge in [0.15, 0.2) is 0 Å². The highest BCUT2D eigenvalue weighted by molar-refractivity contribution is 6.01. The Labute approximate surface area is 194 Å². The van der Waals surface area contributed by atoms with Gasteiger partial charge in [0.2, 0.25) is 0 Å². The third-order valence-corrected chi connectivity index (χ3v) is 5.87. The van der Waals surface area contributed by atoms with Gasteiger partial charge in [0.1, 0.15) is 5.82 Å². The van der Waals surface area contributed by atoms with Crippen molar-refractivity contribution in [2.45, 2.75) is 25.1 Å². The summed E-state index contributed by atoms with van der Waals surface area (Å²) >= 11 is 0. The molecule has 4 aromatic rings. The zero-order valence-electron chi connectivity index (χ0n) is 18.0. The van der Waals surface area contributed by atoms with Gasteiger partial charge in [-0.25, -0.2) is 9.78 Å². The SMILES string of the molecule is O=C(Nc1ccc(C(F)(F)F)cc1)Nc1ccc2nc(N[C@@H]3CCc4ccccc43)ccc2c1. The molecule has 0 radical (unpaired) electrons. The van der Waals surface area contributed by atoms with Crippen LogP contribution in [-0.2, 0) is 12.6 Å². The molecule has 0 aliphatic heterocycles. The fourth-order valence-electron chi connectivity index (χ4n) is 4.21. The quantitative estimate of drug-likeness (QED) is 0.306. The molecule has 5 nitrogen and oxygen atoms in total. The van der Waals surface area contributed by atoms with Gasteiger partial charge in [0, 0.05) is 16.8 Å². The highest BCUT2D eigenvalue weighted by Gasteiger charge is 2.30. The molecular formula is C26H21F3N4O. The Kier molecular flexibility index (Phi) is 5.57. The number of anilines is 3. The first-order chi connectivity index (χ1) is 16.3. The number of nitrogens with one attached hydrogen (secondary N) is 3. The van der Waals surface area contributed by atoms with Crippen LogP contribution < -0.4 is 16.0 Å². The standard InChI is InChI=1S/C26H21F3N4O/c27-26(28,29)18-7-9-19(10-8-18)30-25(34)31-20-11-13-22-17(15-20)6-14-24(32-22)33-23-12-5-16-3-1-2-4-21(16)23/h1-4,6-11,13-15,23H,5,12H2,(H,32,33)(H2,30,31,34)/t23-/m1/s1. The second kappa shape index (κ2) is 8.70. The summed E-state index contributed by atoms with van der Waals surface area (Å²) in [5.74, 6) is 0.787. The smallest absolute Gasteiger partial charge is 0.363 e. The van der Waals surface area contributed by atoms with Gasteiger partial charge in [-0.3, -0.25) is 0 Å². The molecule has 0 spiro atoms. The number of rotatable bonds is 4. The van der Waals surface area contributed by atoms with Crippen molar-refractivity contribution in [2.24, 2.45) is 0 Å². The number of aromatic nitrogens is 1. The molecule has 0 saturated heterocycles. The van der Waals surface area contributed by atoms with E-state index < -0.39 is 17.8 Å². The molecule has 0 saturated carbocycles. The maximum absolute atomic E-state index is 12.7. The molecule has 172 valence electrons. The van der Waals surface area contributed by atoms with Crippen LogP contribution in [0.25, 0.3) is 10.9 Å². The topological polar surface area (TPSA) is 66.0 Å². The minimum Gasteiger partial charge on any atom is -0.363 e. The van der Waals surface area contributed by atoms with Crippen molar-refractivity contribution in [3.8, 4) is 0 Å². The number of benzene rings is 3. The first-order valence-electron chi connectivity index (χ1n) is 10.9. The first kappa shape index (κ1) is 21.8. The number of nitrogens with zero attached hydrogens (tertiary/aromatic N) is 1. The fraction of sp³-hybridized carbons (Fsp3) is 0.154. The Bertz CT molecular complexity index is 1350. The van der Waals surface area contributed by atoms with Gasteiger partial charge in [-0.1, -0.05) is 24.3 Å². The molecule has 34 heavy (non-hydrogen) atoms. The molecule has 2 amide bonds.